The van der Waals surface area contributed by atoms with Crippen molar-refractivity contribution < 1.29 is 9.90 Å². The molecule has 0 aliphatic carbocycles. The minimum atomic E-state index is -0.644. The zero-order valence-corrected chi connectivity index (χ0v) is 8.83. The Morgan fingerprint density at radius 2 is 2.36 bits per heavy atom. The Hall–Kier alpha value is -0.610. The predicted molar refractivity (Wildman–Crippen MR) is 55.3 cm³/mol. The molecule has 4 heteroatoms. The summed E-state index contributed by atoms with van der Waals surface area (Å²) < 4.78 is 0. The molecule has 0 amide bonds. The normalized spacial score (nSPS) is 22.8. The van der Waals surface area contributed by atoms with E-state index >= 15 is 0 Å². The molecule has 1 fully saturated rings. The molecule has 2 N–H and O–H groups in total. The smallest absolute Gasteiger partial charge is 0.307 e. The quantitative estimate of drug-likeness (QED) is 0.609. The maximum atomic E-state index is 10.7. The monoisotopic (exact) mass is 200 g/mol. The molecule has 0 radical (unpaired) electrons. The summed E-state index contributed by atoms with van der Waals surface area (Å²) in [7, 11) is 0. The minimum Gasteiger partial charge on any atom is -0.481 e. The van der Waals surface area contributed by atoms with Gasteiger partial charge >= 0.3 is 5.97 Å². The summed E-state index contributed by atoms with van der Waals surface area (Å²) in [5.74, 6) is -0.782. The molecule has 1 atom stereocenters. The van der Waals surface area contributed by atoms with Crippen molar-refractivity contribution in [1.29, 1.82) is 0 Å². The highest BCUT2D eigenvalue weighted by Gasteiger charge is 2.27. The van der Waals surface area contributed by atoms with Crippen molar-refractivity contribution in [2.45, 2.75) is 19.8 Å². The Bertz CT molecular complexity index is 185. The second-order valence-electron chi connectivity index (χ2n) is 3.87. The van der Waals surface area contributed by atoms with E-state index in [1.165, 1.54) is 0 Å². The molecule has 0 aromatic rings. The van der Waals surface area contributed by atoms with Crippen LogP contribution in [0, 0.1) is 5.92 Å². The van der Waals surface area contributed by atoms with E-state index in [1.54, 1.807) is 0 Å². The Balaban J connectivity index is 2.07. The van der Waals surface area contributed by atoms with Gasteiger partial charge in [0.25, 0.3) is 0 Å². The van der Waals surface area contributed by atoms with Crippen molar-refractivity contribution in [2.24, 2.45) is 5.92 Å². The first-order chi connectivity index (χ1) is 6.74. The lowest BCUT2D eigenvalue weighted by atomic mass is 10.1. The maximum Gasteiger partial charge on any atom is 0.307 e. The Kier molecular flexibility index (Phi) is 4.90. The van der Waals surface area contributed by atoms with Crippen LogP contribution in [0.4, 0.5) is 0 Å². The lowest BCUT2D eigenvalue weighted by molar-refractivity contribution is -0.141. The summed E-state index contributed by atoms with van der Waals surface area (Å²) in [5, 5.41) is 12.1. The standard InChI is InChI=1S/C10H20N2O2/c1-2-4-11-5-7-12-6-3-9(8-12)10(13)14/h9,11H,2-8H2,1H3,(H,13,14). The van der Waals surface area contributed by atoms with Gasteiger partial charge in [-0.1, -0.05) is 6.92 Å². The van der Waals surface area contributed by atoms with E-state index in [9.17, 15) is 4.79 Å². The summed E-state index contributed by atoms with van der Waals surface area (Å²) in [5.41, 5.74) is 0. The zero-order chi connectivity index (χ0) is 10.4. The molecule has 0 spiro atoms. The molecule has 0 bridgehead atoms. The second-order valence-corrected chi connectivity index (χ2v) is 3.87. The van der Waals surface area contributed by atoms with Crippen molar-refractivity contribution in [3.05, 3.63) is 0 Å². The number of aliphatic carboxylic acids is 1. The van der Waals surface area contributed by atoms with E-state index < -0.39 is 5.97 Å². The van der Waals surface area contributed by atoms with Crippen molar-refractivity contribution in [2.75, 3.05) is 32.7 Å². The molecule has 1 heterocycles. The number of rotatable bonds is 6. The molecule has 4 nitrogen and oxygen atoms in total. The van der Waals surface area contributed by atoms with Crippen LogP contribution in [0.25, 0.3) is 0 Å². The first-order valence-electron chi connectivity index (χ1n) is 5.40. The van der Waals surface area contributed by atoms with Crippen molar-refractivity contribution >= 4 is 5.97 Å². The summed E-state index contributed by atoms with van der Waals surface area (Å²) >= 11 is 0. The number of hydrogen-bond donors (Lipinski definition) is 2. The summed E-state index contributed by atoms with van der Waals surface area (Å²) in [6.07, 6.45) is 1.96. The molecular weight excluding hydrogens is 180 g/mol. The molecule has 0 aromatic carbocycles. The lowest BCUT2D eigenvalue weighted by Crippen LogP contribution is -2.31. The second kappa shape index (κ2) is 5.98. The van der Waals surface area contributed by atoms with E-state index in [4.69, 9.17) is 5.11 Å². The van der Waals surface area contributed by atoms with Crippen LogP contribution < -0.4 is 5.32 Å². The van der Waals surface area contributed by atoms with Crippen LogP contribution in [0.15, 0.2) is 0 Å². The number of likely N-dealkylation sites (tertiary alicyclic amines) is 1. The van der Waals surface area contributed by atoms with Gasteiger partial charge in [-0.15, -0.1) is 0 Å². The van der Waals surface area contributed by atoms with Gasteiger partial charge in [-0.05, 0) is 25.9 Å². The molecular formula is C10H20N2O2. The number of hydrogen-bond acceptors (Lipinski definition) is 3. The number of carbonyl (C=O) groups is 1. The van der Waals surface area contributed by atoms with Gasteiger partial charge < -0.3 is 15.3 Å². The number of carboxylic acids is 1. The molecule has 1 saturated heterocycles. The fraction of sp³-hybridized carbons (Fsp3) is 0.900. The van der Waals surface area contributed by atoms with Crippen LogP contribution in [-0.2, 0) is 4.79 Å². The number of nitrogens with one attached hydrogen (secondary N) is 1. The first kappa shape index (κ1) is 11.5. The molecule has 0 saturated carbocycles. The van der Waals surface area contributed by atoms with Crippen LogP contribution in [0.1, 0.15) is 19.8 Å². The number of nitrogens with zero attached hydrogens (tertiary/aromatic N) is 1. The van der Waals surface area contributed by atoms with Crippen LogP contribution in [0.2, 0.25) is 0 Å². The van der Waals surface area contributed by atoms with Crippen LogP contribution >= 0.6 is 0 Å². The highest BCUT2D eigenvalue weighted by atomic mass is 16.4. The van der Waals surface area contributed by atoms with Crippen molar-refractivity contribution in [1.82, 2.24) is 10.2 Å². The van der Waals surface area contributed by atoms with Crippen LogP contribution in [-0.4, -0.2) is 48.7 Å². The van der Waals surface area contributed by atoms with Gasteiger partial charge in [-0.3, -0.25) is 4.79 Å². The number of carboxylic acid groups (broad SMARTS) is 1. The van der Waals surface area contributed by atoms with Gasteiger partial charge in [0.05, 0.1) is 5.92 Å². The molecule has 1 aliphatic rings. The van der Waals surface area contributed by atoms with Crippen molar-refractivity contribution in [3.63, 3.8) is 0 Å². The van der Waals surface area contributed by atoms with Gasteiger partial charge in [0.15, 0.2) is 0 Å². The summed E-state index contributed by atoms with van der Waals surface area (Å²) in [4.78, 5) is 12.9. The highest BCUT2D eigenvalue weighted by Crippen LogP contribution is 2.15. The van der Waals surface area contributed by atoms with Gasteiger partial charge in [0, 0.05) is 19.6 Å². The summed E-state index contributed by atoms with van der Waals surface area (Å²) in [6, 6.07) is 0. The van der Waals surface area contributed by atoms with E-state index in [-0.39, 0.29) is 5.92 Å². The highest BCUT2D eigenvalue weighted by molar-refractivity contribution is 5.70. The van der Waals surface area contributed by atoms with Crippen molar-refractivity contribution in [3.8, 4) is 0 Å². The third kappa shape index (κ3) is 3.64. The van der Waals surface area contributed by atoms with Crippen LogP contribution in [0.5, 0.6) is 0 Å². The zero-order valence-electron chi connectivity index (χ0n) is 8.83. The van der Waals surface area contributed by atoms with E-state index in [0.29, 0.717) is 0 Å². The maximum absolute atomic E-state index is 10.7. The third-order valence-electron chi connectivity index (χ3n) is 2.65. The molecule has 1 aliphatic heterocycles. The third-order valence-corrected chi connectivity index (χ3v) is 2.65. The Morgan fingerprint density at radius 3 is 2.93 bits per heavy atom. The fourth-order valence-corrected chi connectivity index (χ4v) is 1.78. The molecule has 14 heavy (non-hydrogen) atoms. The molecule has 0 aromatic heterocycles. The molecule has 1 rings (SSSR count). The Morgan fingerprint density at radius 1 is 1.57 bits per heavy atom. The predicted octanol–water partition coefficient (Wildman–Crippen LogP) is 0.393. The van der Waals surface area contributed by atoms with E-state index in [0.717, 1.165) is 45.6 Å². The van der Waals surface area contributed by atoms with Gasteiger partial charge in [-0.25, -0.2) is 0 Å². The summed E-state index contributed by atoms with van der Waals surface area (Å²) in [6.45, 7) is 6.80. The SMILES string of the molecule is CCCNCCN1CCC(C(=O)O)C1. The topological polar surface area (TPSA) is 52.6 Å². The van der Waals surface area contributed by atoms with Crippen LogP contribution in [0.3, 0.4) is 0 Å². The fourth-order valence-electron chi connectivity index (χ4n) is 1.78. The average Bonchev–Trinajstić information content (AvgIpc) is 2.61. The van der Waals surface area contributed by atoms with Gasteiger partial charge in [0.2, 0.25) is 0 Å². The lowest BCUT2D eigenvalue weighted by Gasteiger charge is -2.14. The van der Waals surface area contributed by atoms with E-state index in [1.807, 2.05) is 0 Å². The average molecular weight is 200 g/mol. The molecule has 82 valence electrons. The molecule has 1 unspecified atom stereocenters. The Labute approximate surface area is 85.3 Å². The first-order valence-corrected chi connectivity index (χ1v) is 5.40. The van der Waals surface area contributed by atoms with Gasteiger partial charge in [-0.2, -0.15) is 0 Å². The van der Waals surface area contributed by atoms with E-state index in [2.05, 4.69) is 17.1 Å². The largest absolute Gasteiger partial charge is 0.481 e. The van der Waals surface area contributed by atoms with Gasteiger partial charge in [0.1, 0.15) is 0 Å². The minimum absolute atomic E-state index is 0.138.